The van der Waals surface area contributed by atoms with Crippen molar-refractivity contribution in [2.75, 3.05) is 0 Å². The van der Waals surface area contributed by atoms with Crippen LogP contribution in [0.2, 0.25) is 0 Å². The summed E-state index contributed by atoms with van der Waals surface area (Å²) < 4.78 is 13.3. The molecule has 1 aromatic carbocycles. The summed E-state index contributed by atoms with van der Waals surface area (Å²) in [6, 6.07) is 2.90. The maximum atomic E-state index is 13.3. The molecule has 7 heteroatoms. The first kappa shape index (κ1) is 20.7. The molecule has 1 aromatic rings. The number of phenols is 1. The molecule has 0 heterocycles. The van der Waals surface area contributed by atoms with E-state index in [4.69, 9.17) is 0 Å². The van der Waals surface area contributed by atoms with Gasteiger partial charge in [-0.2, -0.15) is 10.2 Å². The Balaban J connectivity index is 2.30. The minimum atomic E-state index is -1.32. The van der Waals surface area contributed by atoms with E-state index < -0.39 is 22.8 Å². The fraction of sp³-hybridized carbons (Fsp3) is 0.500. The third kappa shape index (κ3) is 5.45. The van der Waals surface area contributed by atoms with Crippen LogP contribution in [0.15, 0.2) is 52.5 Å². The van der Waals surface area contributed by atoms with Gasteiger partial charge in [0.1, 0.15) is 17.3 Å². The van der Waals surface area contributed by atoms with E-state index in [0.29, 0.717) is 0 Å². The SMILES string of the molecule is CC(C)(C)CC(C)(C)c1ccc(O)c(N=NC2C=CC(F)=CC2[N+](=O)[O-])c1. The molecule has 0 saturated heterocycles. The van der Waals surface area contributed by atoms with Crippen molar-refractivity contribution in [2.45, 2.75) is 58.5 Å². The zero-order valence-corrected chi connectivity index (χ0v) is 16.3. The van der Waals surface area contributed by atoms with Gasteiger partial charge in [-0.05, 0) is 47.1 Å². The topological polar surface area (TPSA) is 88.1 Å². The lowest BCUT2D eigenvalue weighted by atomic mass is 9.72. The normalized spacial score (nSPS) is 20.7. The molecule has 1 N–H and O–H groups in total. The van der Waals surface area contributed by atoms with Crippen molar-refractivity contribution >= 4 is 5.69 Å². The van der Waals surface area contributed by atoms with Crippen LogP contribution < -0.4 is 0 Å². The van der Waals surface area contributed by atoms with Crippen LogP contribution in [0.1, 0.15) is 46.6 Å². The Kier molecular flexibility index (Phi) is 5.82. The molecule has 2 atom stereocenters. The van der Waals surface area contributed by atoms with Crippen LogP contribution in [-0.4, -0.2) is 22.1 Å². The van der Waals surface area contributed by atoms with Gasteiger partial charge in [0.2, 0.25) is 0 Å². The number of allylic oxidation sites excluding steroid dienone is 2. The third-order valence-electron chi connectivity index (χ3n) is 4.40. The molecule has 0 radical (unpaired) electrons. The van der Waals surface area contributed by atoms with Gasteiger partial charge in [-0.1, -0.05) is 40.7 Å². The van der Waals surface area contributed by atoms with E-state index >= 15 is 0 Å². The minimum absolute atomic E-state index is 0.0618. The van der Waals surface area contributed by atoms with E-state index in [1.165, 1.54) is 6.08 Å². The van der Waals surface area contributed by atoms with Gasteiger partial charge in [0.15, 0.2) is 6.04 Å². The predicted octanol–water partition coefficient (Wildman–Crippen LogP) is 5.63. The van der Waals surface area contributed by atoms with Crippen LogP contribution >= 0.6 is 0 Å². The van der Waals surface area contributed by atoms with E-state index in [9.17, 15) is 19.6 Å². The van der Waals surface area contributed by atoms with Crippen LogP contribution in [0.4, 0.5) is 10.1 Å². The summed E-state index contributed by atoms with van der Waals surface area (Å²) in [5.41, 5.74) is 1.18. The molecule has 0 amide bonds. The number of hydrogen-bond donors (Lipinski definition) is 1. The summed E-state index contributed by atoms with van der Waals surface area (Å²) in [4.78, 5) is 10.5. The molecule has 6 nitrogen and oxygen atoms in total. The highest BCUT2D eigenvalue weighted by atomic mass is 19.1. The van der Waals surface area contributed by atoms with Crippen LogP contribution in [-0.2, 0) is 5.41 Å². The predicted molar refractivity (Wildman–Crippen MR) is 103 cm³/mol. The van der Waals surface area contributed by atoms with Crippen molar-refractivity contribution in [3.63, 3.8) is 0 Å². The largest absolute Gasteiger partial charge is 0.506 e. The van der Waals surface area contributed by atoms with Gasteiger partial charge in [-0.25, -0.2) is 4.39 Å². The molecule has 0 aromatic heterocycles. The Labute approximate surface area is 158 Å². The molecule has 0 aliphatic heterocycles. The second-order valence-electron chi connectivity index (χ2n) is 8.72. The molecule has 1 aliphatic rings. The average Bonchev–Trinajstić information content (AvgIpc) is 2.52. The summed E-state index contributed by atoms with van der Waals surface area (Å²) in [6.07, 6.45) is 4.26. The second-order valence-corrected chi connectivity index (χ2v) is 8.72. The van der Waals surface area contributed by atoms with Crippen LogP contribution in [0, 0.1) is 15.5 Å². The fourth-order valence-electron chi connectivity index (χ4n) is 3.50. The van der Waals surface area contributed by atoms with Crippen LogP contribution in [0.25, 0.3) is 0 Å². The third-order valence-corrected chi connectivity index (χ3v) is 4.40. The molecule has 2 rings (SSSR count). The summed E-state index contributed by atoms with van der Waals surface area (Å²) in [7, 11) is 0. The average molecular weight is 375 g/mol. The smallest absolute Gasteiger partial charge is 0.261 e. The number of phenolic OH excluding ortho intramolecular Hbond substituents is 1. The Hall–Kier alpha value is -2.57. The summed E-state index contributed by atoms with van der Waals surface area (Å²) in [5, 5.41) is 29.2. The molecular weight excluding hydrogens is 349 g/mol. The van der Waals surface area contributed by atoms with Gasteiger partial charge in [0.25, 0.3) is 6.04 Å². The first-order valence-corrected chi connectivity index (χ1v) is 8.82. The Morgan fingerprint density at radius 1 is 1.26 bits per heavy atom. The van der Waals surface area contributed by atoms with Gasteiger partial charge in [-0.3, -0.25) is 10.1 Å². The zero-order valence-electron chi connectivity index (χ0n) is 16.3. The quantitative estimate of drug-likeness (QED) is 0.411. The number of nitrogens with zero attached hydrogens (tertiary/aromatic N) is 3. The Bertz CT molecular complexity index is 807. The molecule has 1 aliphatic carbocycles. The number of hydrogen-bond acceptors (Lipinski definition) is 5. The van der Waals surface area contributed by atoms with Gasteiger partial charge >= 0.3 is 0 Å². The van der Waals surface area contributed by atoms with E-state index in [1.807, 2.05) is 6.07 Å². The van der Waals surface area contributed by atoms with Gasteiger partial charge in [0, 0.05) is 11.0 Å². The van der Waals surface area contributed by atoms with Gasteiger partial charge in [0.05, 0.1) is 0 Å². The lowest BCUT2D eigenvalue weighted by Crippen LogP contribution is -2.30. The van der Waals surface area contributed by atoms with Crippen molar-refractivity contribution < 1.29 is 14.4 Å². The van der Waals surface area contributed by atoms with E-state index in [2.05, 4.69) is 44.8 Å². The lowest BCUT2D eigenvalue weighted by molar-refractivity contribution is -0.510. The van der Waals surface area contributed by atoms with Crippen molar-refractivity contribution in [2.24, 2.45) is 15.6 Å². The van der Waals surface area contributed by atoms with Crippen LogP contribution in [0.3, 0.4) is 0 Å². The van der Waals surface area contributed by atoms with Crippen molar-refractivity contribution in [1.82, 2.24) is 0 Å². The van der Waals surface area contributed by atoms with E-state index in [-0.39, 0.29) is 22.3 Å². The van der Waals surface area contributed by atoms with Crippen molar-refractivity contribution in [3.05, 3.63) is 57.9 Å². The monoisotopic (exact) mass is 375 g/mol. The Morgan fingerprint density at radius 2 is 1.93 bits per heavy atom. The van der Waals surface area contributed by atoms with Crippen molar-refractivity contribution in [1.29, 1.82) is 0 Å². The summed E-state index contributed by atoms with van der Waals surface area (Å²) >= 11 is 0. The molecule has 27 heavy (non-hydrogen) atoms. The standard InChI is InChI=1S/C20H26FN3O3/c1-19(2,3)12-20(4,5)13-6-9-18(25)16(10-13)23-22-15-8-7-14(21)11-17(15)24(26)27/h6-11,15,17,25H,12H2,1-5H3. The number of aromatic hydroxyl groups is 1. The van der Waals surface area contributed by atoms with Crippen molar-refractivity contribution in [3.8, 4) is 5.75 Å². The maximum absolute atomic E-state index is 13.3. The first-order valence-electron chi connectivity index (χ1n) is 8.82. The molecule has 0 fully saturated rings. The van der Waals surface area contributed by atoms with Crippen LogP contribution in [0.5, 0.6) is 5.75 Å². The molecule has 146 valence electrons. The maximum Gasteiger partial charge on any atom is 0.261 e. The molecule has 0 saturated carbocycles. The summed E-state index contributed by atoms with van der Waals surface area (Å²) in [6.45, 7) is 10.7. The second kappa shape index (κ2) is 7.58. The van der Waals surface area contributed by atoms with E-state index in [0.717, 1.165) is 24.1 Å². The fourth-order valence-corrected chi connectivity index (χ4v) is 3.50. The zero-order chi connectivity index (χ0) is 20.4. The molecule has 0 spiro atoms. The Morgan fingerprint density at radius 3 is 2.52 bits per heavy atom. The summed E-state index contributed by atoms with van der Waals surface area (Å²) in [5.74, 6) is -0.731. The molecular formula is C20H26FN3O3. The highest BCUT2D eigenvalue weighted by Gasteiger charge is 2.31. The lowest BCUT2D eigenvalue weighted by Gasteiger charge is -2.33. The number of rotatable bonds is 5. The van der Waals surface area contributed by atoms with E-state index in [1.54, 1.807) is 12.1 Å². The molecule has 0 bridgehead atoms. The number of nitro groups is 1. The first-order chi connectivity index (χ1) is 12.4. The highest BCUT2D eigenvalue weighted by Crippen LogP contribution is 2.39. The highest BCUT2D eigenvalue weighted by molar-refractivity contribution is 5.53. The number of benzene rings is 1. The molecule has 2 unspecified atom stereocenters. The van der Waals surface area contributed by atoms with Gasteiger partial charge < -0.3 is 5.11 Å². The minimum Gasteiger partial charge on any atom is -0.506 e. The number of azo groups is 1. The number of halogens is 1. The van der Waals surface area contributed by atoms with Gasteiger partial charge in [-0.15, -0.1) is 0 Å².